The summed E-state index contributed by atoms with van der Waals surface area (Å²) in [4.78, 5) is 22.9. The summed E-state index contributed by atoms with van der Waals surface area (Å²) in [5.74, 6) is 1.01. The van der Waals surface area contributed by atoms with Crippen molar-refractivity contribution in [3.63, 3.8) is 0 Å². The maximum Gasteiger partial charge on any atom is 0.278 e. The summed E-state index contributed by atoms with van der Waals surface area (Å²) in [5.41, 5.74) is 4.25. The Morgan fingerprint density at radius 2 is 1.94 bits per heavy atom. The van der Waals surface area contributed by atoms with E-state index in [0.717, 1.165) is 36.3 Å². The molecule has 0 unspecified atom stereocenters. The first-order valence-corrected chi connectivity index (χ1v) is 10.9. The van der Waals surface area contributed by atoms with Crippen LogP contribution in [0.4, 0.5) is 5.95 Å². The number of anilines is 1. The Bertz CT molecular complexity index is 1220. The Morgan fingerprint density at radius 1 is 1.16 bits per heavy atom. The predicted octanol–water partition coefficient (Wildman–Crippen LogP) is 4.06. The maximum absolute atomic E-state index is 12.9. The minimum absolute atomic E-state index is 0.146. The first-order valence-electron chi connectivity index (χ1n) is 10.9. The summed E-state index contributed by atoms with van der Waals surface area (Å²) in [7, 11) is 1.80. The molecule has 1 aromatic carbocycles. The first kappa shape index (κ1) is 20.9. The fourth-order valence-corrected chi connectivity index (χ4v) is 4.00. The Morgan fingerprint density at radius 3 is 2.65 bits per heavy atom. The molecule has 0 atom stereocenters. The zero-order valence-electron chi connectivity index (χ0n) is 18.7. The van der Waals surface area contributed by atoms with E-state index in [1.165, 1.54) is 0 Å². The van der Waals surface area contributed by atoms with E-state index in [4.69, 9.17) is 4.98 Å². The van der Waals surface area contributed by atoms with Gasteiger partial charge in [-0.1, -0.05) is 39.3 Å². The molecule has 0 saturated carbocycles. The summed E-state index contributed by atoms with van der Waals surface area (Å²) < 4.78 is 3.73. The molecule has 3 heterocycles. The number of nitrogens with zero attached hydrogens (tertiary/aromatic N) is 5. The van der Waals surface area contributed by atoms with Crippen molar-refractivity contribution >= 4 is 17.0 Å². The zero-order chi connectivity index (χ0) is 22.0. The van der Waals surface area contributed by atoms with Crippen molar-refractivity contribution in [3.8, 4) is 5.69 Å². The second-order valence-electron chi connectivity index (χ2n) is 8.44. The zero-order valence-corrected chi connectivity index (χ0v) is 18.7. The lowest BCUT2D eigenvalue weighted by Crippen LogP contribution is -2.31. The highest BCUT2D eigenvalue weighted by molar-refractivity contribution is 5.77. The normalized spacial score (nSPS) is 11.5. The van der Waals surface area contributed by atoms with E-state index >= 15 is 0 Å². The Balaban J connectivity index is 1.73. The third kappa shape index (κ3) is 4.40. The van der Waals surface area contributed by atoms with Gasteiger partial charge in [0.25, 0.3) is 5.56 Å². The van der Waals surface area contributed by atoms with Crippen LogP contribution < -0.4 is 10.5 Å². The van der Waals surface area contributed by atoms with Crippen LogP contribution in [0.1, 0.15) is 38.4 Å². The molecule has 3 aromatic heterocycles. The van der Waals surface area contributed by atoms with Gasteiger partial charge >= 0.3 is 0 Å². The molecule has 4 aromatic rings. The van der Waals surface area contributed by atoms with Gasteiger partial charge in [0.15, 0.2) is 5.52 Å². The second-order valence-corrected chi connectivity index (χ2v) is 8.44. The van der Waals surface area contributed by atoms with Gasteiger partial charge in [-0.15, -0.1) is 0 Å². The lowest BCUT2D eigenvalue weighted by molar-refractivity contribution is 0.599. The van der Waals surface area contributed by atoms with Gasteiger partial charge in [0.2, 0.25) is 5.95 Å². The van der Waals surface area contributed by atoms with Crippen LogP contribution in [0.25, 0.3) is 16.7 Å². The van der Waals surface area contributed by atoms with E-state index in [1.54, 1.807) is 11.7 Å². The van der Waals surface area contributed by atoms with Crippen LogP contribution in [0.15, 0.2) is 53.6 Å². The monoisotopic (exact) mass is 418 g/mol. The molecule has 162 valence electrons. The summed E-state index contributed by atoms with van der Waals surface area (Å²) >= 11 is 0. The molecule has 0 aliphatic carbocycles. The van der Waals surface area contributed by atoms with E-state index < -0.39 is 0 Å². The standard InChI is InChI=1S/C24H30N6O/c1-5-9-20-21-22(28(4)27-20)23(31)26-24(25-21)30(15-17(2)3)16-18-10-8-11-19(14-18)29-12-6-7-13-29/h6-8,10-14,17H,5,9,15-16H2,1-4H3,(H,25,26,31). The molecular formula is C24H30N6O. The average Bonchev–Trinajstić information content (AvgIpc) is 3.37. The van der Waals surface area contributed by atoms with Crippen LogP contribution in [-0.2, 0) is 20.0 Å². The molecule has 0 saturated heterocycles. The molecule has 0 bridgehead atoms. The average molecular weight is 419 g/mol. The lowest BCUT2D eigenvalue weighted by atomic mass is 10.1. The minimum Gasteiger partial charge on any atom is -0.338 e. The molecule has 0 aliphatic rings. The molecule has 1 N–H and O–H groups in total. The summed E-state index contributed by atoms with van der Waals surface area (Å²) in [6.45, 7) is 7.90. The highest BCUT2D eigenvalue weighted by Crippen LogP contribution is 2.20. The molecule has 0 radical (unpaired) electrons. The maximum atomic E-state index is 12.9. The third-order valence-corrected chi connectivity index (χ3v) is 5.31. The number of aromatic nitrogens is 5. The van der Waals surface area contributed by atoms with Crippen LogP contribution in [0, 0.1) is 5.92 Å². The molecule has 31 heavy (non-hydrogen) atoms. The molecule has 0 spiro atoms. The van der Waals surface area contributed by atoms with Crippen molar-refractivity contribution in [1.29, 1.82) is 0 Å². The van der Waals surface area contributed by atoms with Gasteiger partial charge in [0, 0.05) is 38.2 Å². The topological polar surface area (TPSA) is 71.7 Å². The molecule has 7 heteroatoms. The van der Waals surface area contributed by atoms with Gasteiger partial charge in [-0.05, 0) is 42.2 Å². The second kappa shape index (κ2) is 8.79. The molecule has 0 fully saturated rings. The van der Waals surface area contributed by atoms with Gasteiger partial charge < -0.3 is 9.47 Å². The summed E-state index contributed by atoms with van der Waals surface area (Å²) in [5, 5.41) is 4.54. The number of rotatable bonds is 8. The van der Waals surface area contributed by atoms with Crippen molar-refractivity contribution < 1.29 is 0 Å². The van der Waals surface area contributed by atoms with Crippen LogP contribution >= 0.6 is 0 Å². The van der Waals surface area contributed by atoms with Crippen molar-refractivity contribution in [2.75, 3.05) is 11.4 Å². The first-order chi connectivity index (χ1) is 15.0. The number of hydrogen-bond donors (Lipinski definition) is 1. The Kier molecular flexibility index (Phi) is 5.93. The van der Waals surface area contributed by atoms with Gasteiger partial charge in [-0.2, -0.15) is 5.10 Å². The number of hydrogen-bond acceptors (Lipinski definition) is 4. The SMILES string of the molecule is CCCc1nn(C)c2c(=O)[nH]c(N(Cc3cccc(-n4cccc4)c3)CC(C)C)nc12. The minimum atomic E-state index is -0.146. The number of aryl methyl sites for hydroxylation is 2. The summed E-state index contributed by atoms with van der Waals surface area (Å²) in [6.07, 6.45) is 5.83. The fraction of sp³-hybridized carbons (Fsp3) is 0.375. The molecule has 4 rings (SSSR count). The van der Waals surface area contributed by atoms with Crippen molar-refractivity contribution in [2.24, 2.45) is 13.0 Å². The number of aromatic amines is 1. The third-order valence-electron chi connectivity index (χ3n) is 5.31. The van der Waals surface area contributed by atoms with Crippen molar-refractivity contribution in [3.05, 3.63) is 70.4 Å². The molecule has 0 amide bonds. The molecule has 7 nitrogen and oxygen atoms in total. The number of nitrogens with one attached hydrogen (secondary N) is 1. The quantitative estimate of drug-likeness (QED) is 0.468. The van der Waals surface area contributed by atoms with Gasteiger partial charge in [0.1, 0.15) is 5.52 Å². The van der Waals surface area contributed by atoms with E-state index in [9.17, 15) is 4.79 Å². The van der Waals surface area contributed by atoms with E-state index in [1.807, 2.05) is 24.5 Å². The van der Waals surface area contributed by atoms with E-state index in [2.05, 4.69) is 64.6 Å². The number of H-pyrrole nitrogens is 1. The largest absolute Gasteiger partial charge is 0.338 e. The van der Waals surface area contributed by atoms with Crippen LogP contribution in [-0.4, -0.2) is 30.9 Å². The highest BCUT2D eigenvalue weighted by atomic mass is 16.1. The van der Waals surface area contributed by atoms with Crippen LogP contribution in [0.3, 0.4) is 0 Å². The Labute approximate surface area is 182 Å². The van der Waals surface area contributed by atoms with Crippen LogP contribution in [0.5, 0.6) is 0 Å². The summed E-state index contributed by atoms with van der Waals surface area (Å²) in [6, 6.07) is 12.5. The highest BCUT2D eigenvalue weighted by Gasteiger charge is 2.18. The number of fused-ring (bicyclic) bond motifs is 1. The van der Waals surface area contributed by atoms with Crippen LogP contribution in [0.2, 0.25) is 0 Å². The predicted molar refractivity (Wildman–Crippen MR) is 125 cm³/mol. The fourth-order valence-electron chi connectivity index (χ4n) is 4.00. The van der Waals surface area contributed by atoms with Gasteiger partial charge in [0.05, 0.1) is 5.69 Å². The van der Waals surface area contributed by atoms with E-state index in [0.29, 0.717) is 29.4 Å². The number of benzene rings is 1. The van der Waals surface area contributed by atoms with Gasteiger partial charge in [-0.25, -0.2) is 4.98 Å². The van der Waals surface area contributed by atoms with E-state index in [-0.39, 0.29) is 5.56 Å². The lowest BCUT2D eigenvalue weighted by Gasteiger charge is -2.25. The molecule has 0 aliphatic heterocycles. The smallest absolute Gasteiger partial charge is 0.278 e. The van der Waals surface area contributed by atoms with Crippen molar-refractivity contribution in [2.45, 2.75) is 40.2 Å². The Hall–Kier alpha value is -3.35. The van der Waals surface area contributed by atoms with Crippen molar-refractivity contribution in [1.82, 2.24) is 24.3 Å². The van der Waals surface area contributed by atoms with Gasteiger partial charge in [-0.3, -0.25) is 14.5 Å². The molecular weight excluding hydrogens is 388 g/mol.